The Morgan fingerprint density at radius 3 is 2.53 bits per heavy atom. The highest BCUT2D eigenvalue weighted by Crippen LogP contribution is 2.17. The van der Waals surface area contributed by atoms with Crippen molar-refractivity contribution in [1.29, 1.82) is 0 Å². The molecule has 0 aromatic heterocycles. The molecule has 1 aromatic rings. The third kappa shape index (κ3) is 4.27. The van der Waals surface area contributed by atoms with Gasteiger partial charge in [-0.2, -0.15) is 0 Å². The third-order valence-corrected chi connectivity index (χ3v) is 3.29. The van der Waals surface area contributed by atoms with E-state index in [1.54, 1.807) is 0 Å². The van der Waals surface area contributed by atoms with Crippen LogP contribution in [0, 0.1) is 6.92 Å². The van der Waals surface area contributed by atoms with Crippen LogP contribution in [0.25, 0.3) is 0 Å². The summed E-state index contributed by atoms with van der Waals surface area (Å²) in [6.45, 7) is 10.8. The first-order valence-electron chi connectivity index (χ1n) is 7.27. The molecule has 0 aliphatic rings. The monoisotopic (exact) mass is 262 g/mol. The first kappa shape index (κ1) is 15.5. The van der Waals surface area contributed by atoms with Crippen molar-refractivity contribution < 1.29 is 4.79 Å². The van der Waals surface area contributed by atoms with E-state index in [2.05, 4.69) is 19.2 Å². The van der Waals surface area contributed by atoms with Crippen LogP contribution in [0.5, 0.6) is 0 Å². The van der Waals surface area contributed by atoms with Gasteiger partial charge >= 0.3 is 0 Å². The molecule has 1 rings (SSSR count). The van der Waals surface area contributed by atoms with E-state index in [4.69, 9.17) is 0 Å². The second-order valence-electron chi connectivity index (χ2n) is 4.80. The van der Waals surface area contributed by atoms with Crippen LogP contribution < -0.4 is 5.32 Å². The van der Waals surface area contributed by atoms with Gasteiger partial charge in [-0.15, -0.1) is 0 Å². The zero-order valence-corrected chi connectivity index (χ0v) is 12.6. The Bertz CT molecular complexity index is 415. The minimum Gasteiger partial charge on any atom is -0.385 e. The summed E-state index contributed by atoms with van der Waals surface area (Å²) in [5.41, 5.74) is 3.02. The van der Waals surface area contributed by atoms with Gasteiger partial charge in [0.15, 0.2) is 0 Å². The maximum atomic E-state index is 12.4. The van der Waals surface area contributed by atoms with E-state index < -0.39 is 0 Å². The molecule has 3 heteroatoms. The summed E-state index contributed by atoms with van der Waals surface area (Å²) < 4.78 is 0. The summed E-state index contributed by atoms with van der Waals surface area (Å²) >= 11 is 0. The lowest BCUT2D eigenvalue weighted by Crippen LogP contribution is -2.31. The van der Waals surface area contributed by atoms with E-state index in [1.807, 2.05) is 36.9 Å². The van der Waals surface area contributed by atoms with Crippen molar-refractivity contribution in [2.24, 2.45) is 0 Å². The van der Waals surface area contributed by atoms with Crippen molar-refractivity contribution in [3.63, 3.8) is 0 Å². The van der Waals surface area contributed by atoms with E-state index in [0.717, 1.165) is 49.3 Å². The van der Waals surface area contributed by atoms with Crippen LogP contribution in [-0.4, -0.2) is 30.4 Å². The predicted octanol–water partition coefficient (Wildman–Crippen LogP) is 3.69. The predicted molar refractivity (Wildman–Crippen MR) is 81.8 cm³/mol. The summed E-state index contributed by atoms with van der Waals surface area (Å²) in [4.78, 5) is 14.3. The van der Waals surface area contributed by atoms with Crippen molar-refractivity contribution in [3.05, 3.63) is 29.3 Å². The Morgan fingerprint density at radius 2 is 2.00 bits per heavy atom. The number of unbranched alkanes of at least 4 members (excludes halogenated alkanes) is 1. The number of amides is 1. The van der Waals surface area contributed by atoms with Crippen LogP contribution in [0.15, 0.2) is 18.2 Å². The Morgan fingerprint density at radius 1 is 1.26 bits per heavy atom. The summed E-state index contributed by atoms with van der Waals surface area (Å²) in [6.07, 6.45) is 2.18. The Kier molecular flexibility index (Phi) is 6.40. The van der Waals surface area contributed by atoms with Crippen LogP contribution >= 0.6 is 0 Å². The number of nitrogens with zero attached hydrogens (tertiary/aromatic N) is 1. The average Bonchev–Trinajstić information content (AvgIpc) is 2.42. The van der Waals surface area contributed by atoms with Gasteiger partial charge in [0.25, 0.3) is 5.91 Å². The Hall–Kier alpha value is -1.51. The molecular weight excluding hydrogens is 236 g/mol. The van der Waals surface area contributed by atoms with Crippen molar-refractivity contribution >= 4 is 11.6 Å². The number of rotatable bonds is 7. The van der Waals surface area contributed by atoms with Crippen molar-refractivity contribution in [2.45, 2.75) is 40.5 Å². The van der Waals surface area contributed by atoms with Gasteiger partial charge < -0.3 is 10.2 Å². The number of carbonyl (C=O) groups excluding carboxylic acids is 1. The molecule has 0 unspecified atom stereocenters. The fraction of sp³-hybridized carbons (Fsp3) is 0.562. The van der Waals surface area contributed by atoms with Gasteiger partial charge in [-0.05, 0) is 51.0 Å². The highest BCUT2D eigenvalue weighted by atomic mass is 16.2. The smallest absolute Gasteiger partial charge is 0.253 e. The van der Waals surface area contributed by atoms with E-state index in [9.17, 15) is 4.79 Å². The summed E-state index contributed by atoms with van der Waals surface area (Å²) in [5.74, 6) is 0.141. The zero-order valence-electron chi connectivity index (χ0n) is 12.6. The lowest BCUT2D eigenvalue weighted by Gasteiger charge is -2.21. The standard InChI is InChI=1S/C16H26N2O/c1-5-8-11-18(7-3)16(19)14-9-10-15(17-6-2)13(4)12-14/h9-10,12,17H,5-8,11H2,1-4H3. The third-order valence-electron chi connectivity index (χ3n) is 3.29. The molecule has 1 amide bonds. The topological polar surface area (TPSA) is 32.3 Å². The number of anilines is 1. The number of benzene rings is 1. The molecule has 0 heterocycles. The molecule has 106 valence electrons. The fourth-order valence-electron chi connectivity index (χ4n) is 2.12. The molecule has 0 bridgehead atoms. The van der Waals surface area contributed by atoms with E-state index in [-0.39, 0.29) is 5.91 Å². The highest BCUT2D eigenvalue weighted by Gasteiger charge is 2.14. The molecule has 0 aliphatic carbocycles. The highest BCUT2D eigenvalue weighted by molar-refractivity contribution is 5.94. The molecular formula is C16H26N2O. The molecule has 3 nitrogen and oxygen atoms in total. The average molecular weight is 262 g/mol. The second kappa shape index (κ2) is 7.82. The van der Waals surface area contributed by atoms with Crippen molar-refractivity contribution in [3.8, 4) is 0 Å². The second-order valence-corrected chi connectivity index (χ2v) is 4.80. The van der Waals surface area contributed by atoms with Gasteiger partial charge in [-0.3, -0.25) is 4.79 Å². The fourth-order valence-corrected chi connectivity index (χ4v) is 2.12. The number of hydrogen-bond donors (Lipinski definition) is 1. The summed E-state index contributed by atoms with van der Waals surface area (Å²) in [7, 11) is 0. The van der Waals surface area contributed by atoms with Crippen LogP contribution in [0.4, 0.5) is 5.69 Å². The maximum absolute atomic E-state index is 12.4. The molecule has 19 heavy (non-hydrogen) atoms. The van der Waals surface area contributed by atoms with Gasteiger partial charge in [0.1, 0.15) is 0 Å². The van der Waals surface area contributed by atoms with E-state index in [0.29, 0.717) is 0 Å². The Labute approximate surface area is 117 Å². The molecule has 0 spiro atoms. The molecule has 1 aromatic carbocycles. The Balaban J connectivity index is 2.83. The number of hydrogen-bond acceptors (Lipinski definition) is 2. The van der Waals surface area contributed by atoms with Crippen LogP contribution in [0.3, 0.4) is 0 Å². The van der Waals surface area contributed by atoms with Crippen LogP contribution in [-0.2, 0) is 0 Å². The molecule has 0 aliphatic heterocycles. The van der Waals surface area contributed by atoms with E-state index >= 15 is 0 Å². The normalized spacial score (nSPS) is 10.3. The first-order chi connectivity index (χ1) is 9.13. The van der Waals surface area contributed by atoms with Crippen molar-refractivity contribution in [2.75, 3.05) is 25.0 Å². The van der Waals surface area contributed by atoms with Crippen LogP contribution in [0.1, 0.15) is 49.5 Å². The summed E-state index contributed by atoms with van der Waals surface area (Å²) in [6, 6.07) is 5.90. The van der Waals surface area contributed by atoms with Gasteiger partial charge in [0, 0.05) is 30.9 Å². The number of nitrogens with one attached hydrogen (secondary N) is 1. The lowest BCUT2D eigenvalue weighted by molar-refractivity contribution is 0.0762. The van der Waals surface area contributed by atoms with Crippen molar-refractivity contribution in [1.82, 2.24) is 4.90 Å². The molecule has 0 radical (unpaired) electrons. The number of aryl methyl sites for hydroxylation is 1. The zero-order chi connectivity index (χ0) is 14.3. The first-order valence-corrected chi connectivity index (χ1v) is 7.27. The van der Waals surface area contributed by atoms with Crippen LogP contribution in [0.2, 0.25) is 0 Å². The molecule has 0 fully saturated rings. The van der Waals surface area contributed by atoms with Gasteiger partial charge in [0.2, 0.25) is 0 Å². The quantitative estimate of drug-likeness (QED) is 0.813. The lowest BCUT2D eigenvalue weighted by atomic mass is 10.1. The molecule has 0 saturated heterocycles. The largest absolute Gasteiger partial charge is 0.385 e. The van der Waals surface area contributed by atoms with Gasteiger partial charge in [-0.25, -0.2) is 0 Å². The van der Waals surface area contributed by atoms with Gasteiger partial charge in [0.05, 0.1) is 0 Å². The minimum absolute atomic E-state index is 0.141. The van der Waals surface area contributed by atoms with Gasteiger partial charge in [-0.1, -0.05) is 13.3 Å². The minimum atomic E-state index is 0.141. The molecule has 0 saturated carbocycles. The summed E-state index contributed by atoms with van der Waals surface area (Å²) in [5, 5.41) is 3.29. The molecule has 1 N–H and O–H groups in total. The van der Waals surface area contributed by atoms with E-state index in [1.165, 1.54) is 0 Å². The molecule has 0 atom stereocenters. The number of carbonyl (C=O) groups is 1. The maximum Gasteiger partial charge on any atom is 0.253 e. The SMILES string of the molecule is CCCCN(CC)C(=O)c1ccc(NCC)c(C)c1.